The van der Waals surface area contributed by atoms with Crippen molar-refractivity contribution in [2.75, 3.05) is 6.54 Å². The molecule has 0 saturated carbocycles. The van der Waals surface area contributed by atoms with Crippen molar-refractivity contribution in [1.82, 2.24) is 10.6 Å². The third-order valence-corrected chi connectivity index (χ3v) is 4.65. The molecule has 1 aliphatic heterocycles. The zero-order valence-corrected chi connectivity index (χ0v) is 13.2. The van der Waals surface area contributed by atoms with Gasteiger partial charge in [-0.1, -0.05) is 13.0 Å². The van der Waals surface area contributed by atoms with Crippen molar-refractivity contribution in [1.29, 1.82) is 0 Å². The number of amides is 1. The number of rotatable bonds is 5. The van der Waals surface area contributed by atoms with Crippen LogP contribution in [0.1, 0.15) is 38.0 Å². The third-order valence-electron chi connectivity index (χ3n) is 3.75. The molecule has 2 unspecified atom stereocenters. The maximum Gasteiger partial charge on any atom is 0.240 e. The number of thiophene rings is 1. The van der Waals surface area contributed by atoms with Gasteiger partial charge in [0.1, 0.15) is 0 Å². The predicted molar refractivity (Wildman–Crippen MR) is 83.1 cm³/mol. The minimum absolute atomic E-state index is 0. The lowest BCUT2D eigenvalue weighted by Gasteiger charge is -2.28. The van der Waals surface area contributed by atoms with Crippen LogP contribution in [-0.4, -0.2) is 24.0 Å². The summed E-state index contributed by atoms with van der Waals surface area (Å²) in [6, 6.07) is 4.37. The first-order chi connectivity index (χ1) is 8.66. The van der Waals surface area contributed by atoms with Gasteiger partial charge in [-0.25, -0.2) is 0 Å². The van der Waals surface area contributed by atoms with Crippen LogP contribution in [0.3, 0.4) is 0 Å². The first-order valence-electron chi connectivity index (χ1n) is 6.74. The van der Waals surface area contributed by atoms with E-state index in [1.54, 1.807) is 11.3 Å². The Kier molecular flexibility index (Phi) is 6.30. The molecule has 3 nitrogen and oxygen atoms in total. The van der Waals surface area contributed by atoms with Crippen LogP contribution >= 0.6 is 23.7 Å². The van der Waals surface area contributed by atoms with E-state index in [1.165, 1.54) is 4.88 Å². The molecule has 0 bridgehead atoms. The highest BCUT2D eigenvalue weighted by Crippen LogP contribution is 2.23. The summed E-state index contributed by atoms with van der Waals surface area (Å²) in [6.07, 6.45) is 3.84. The summed E-state index contributed by atoms with van der Waals surface area (Å²) < 4.78 is 0. The predicted octanol–water partition coefficient (Wildman–Crippen LogP) is 2.75. The van der Waals surface area contributed by atoms with Gasteiger partial charge < -0.3 is 10.6 Å². The maximum atomic E-state index is 12.4. The standard InChI is InChI=1S/C14H22N2OS.ClH/c1-3-14(7-5-8-15-14)13(17)16-11(2)10-12-6-4-9-18-12;/h4,6,9,11,15H,3,5,7-8,10H2,1-2H3,(H,16,17);1H. The van der Waals surface area contributed by atoms with Gasteiger partial charge in [0.25, 0.3) is 0 Å². The van der Waals surface area contributed by atoms with E-state index >= 15 is 0 Å². The highest BCUT2D eigenvalue weighted by Gasteiger charge is 2.39. The molecule has 1 saturated heterocycles. The van der Waals surface area contributed by atoms with E-state index in [4.69, 9.17) is 0 Å². The molecule has 1 aromatic rings. The molecule has 1 aromatic heterocycles. The van der Waals surface area contributed by atoms with Crippen LogP contribution in [0, 0.1) is 0 Å². The Hall–Kier alpha value is -0.580. The fourth-order valence-corrected chi connectivity index (χ4v) is 3.44. The molecule has 1 fully saturated rings. The smallest absolute Gasteiger partial charge is 0.240 e. The van der Waals surface area contributed by atoms with E-state index in [9.17, 15) is 4.79 Å². The topological polar surface area (TPSA) is 41.1 Å². The second kappa shape index (κ2) is 7.27. The summed E-state index contributed by atoms with van der Waals surface area (Å²) in [5.74, 6) is 0.173. The summed E-state index contributed by atoms with van der Waals surface area (Å²) in [6.45, 7) is 5.12. The second-order valence-electron chi connectivity index (χ2n) is 5.12. The van der Waals surface area contributed by atoms with Gasteiger partial charge in [-0.15, -0.1) is 23.7 Å². The van der Waals surface area contributed by atoms with Crippen molar-refractivity contribution in [2.24, 2.45) is 0 Å². The number of hydrogen-bond donors (Lipinski definition) is 2. The lowest BCUT2D eigenvalue weighted by atomic mass is 9.92. The Balaban J connectivity index is 0.00000180. The van der Waals surface area contributed by atoms with Crippen molar-refractivity contribution >= 4 is 29.7 Å². The van der Waals surface area contributed by atoms with Crippen molar-refractivity contribution in [3.8, 4) is 0 Å². The van der Waals surface area contributed by atoms with Gasteiger partial charge in [0.05, 0.1) is 5.54 Å². The average Bonchev–Trinajstić information content (AvgIpc) is 2.99. The van der Waals surface area contributed by atoms with Crippen molar-refractivity contribution in [3.63, 3.8) is 0 Å². The molecule has 2 rings (SSSR count). The van der Waals surface area contributed by atoms with Crippen LogP contribution in [0.25, 0.3) is 0 Å². The minimum Gasteiger partial charge on any atom is -0.352 e. The van der Waals surface area contributed by atoms with E-state index in [-0.39, 0.29) is 29.9 Å². The van der Waals surface area contributed by atoms with Gasteiger partial charge in [0.15, 0.2) is 0 Å². The Labute approximate surface area is 125 Å². The first-order valence-corrected chi connectivity index (χ1v) is 7.62. The Bertz CT molecular complexity index is 388. The number of halogens is 1. The number of carbonyl (C=O) groups is 1. The Morgan fingerprint density at radius 1 is 1.63 bits per heavy atom. The van der Waals surface area contributed by atoms with Crippen LogP contribution in [-0.2, 0) is 11.2 Å². The van der Waals surface area contributed by atoms with Crippen molar-refractivity contribution in [3.05, 3.63) is 22.4 Å². The molecule has 0 aromatic carbocycles. The maximum absolute atomic E-state index is 12.4. The fraction of sp³-hybridized carbons (Fsp3) is 0.643. The van der Waals surface area contributed by atoms with E-state index in [0.717, 1.165) is 32.2 Å². The molecular formula is C14H23ClN2OS. The minimum atomic E-state index is -0.316. The molecule has 2 N–H and O–H groups in total. The van der Waals surface area contributed by atoms with Crippen molar-refractivity contribution < 1.29 is 4.79 Å². The van der Waals surface area contributed by atoms with Crippen molar-refractivity contribution in [2.45, 2.75) is 51.1 Å². The van der Waals surface area contributed by atoms with Crippen LogP contribution in [0.5, 0.6) is 0 Å². The lowest BCUT2D eigenvalue weighted by Crippen LogP contribution is -2.55. The third kappa shape index (κ3) is 3.94. The van der Waals surface area contributed by atoms with Gasteiger partial charge in [0.2, 0.25) is 5.91 Å². The first kappa shape index (κ1) is 16.5. The van der Waals surface area contributed by atoms with Gasteiger partial charge in [-0.2, -0.15) is 0 Å². The molecule has 0 aliphatic carbocycles. The van der Waals surface area contributed by atoms with Gasteiger partial charge in [-0.3, -0.25) is 4.79 Å². The van der Waals surface area contributed by atoms with E-state index in [2.05, 4.69) is 42.0 Å². The molecule has 2 atom stereocenters. The molecular weight excluding hydrogens is 280 g/mol. The van der Waals surface area contributed by atoms with Gasteiger partial charge >= 0.3 is 0 Å². The second-order valence-corrected chi connectivity index (χ2v) is 6.16. The van der Waals surface area contributed by atoms with Crippen LogP contribution in [0.2, 0.25) is 0 Å². The largest absolute Gasteiger partial charge is 0.352 e. The van der Waals surface area contributed by atoms with E-state index in [1.807, 2.05) is 0 Å². The van der Waals surface area contributed by atoms with Crippen LogP contribution in [0.4, 0.5) is 0 Å². The highest BCUT2D eigenvalue weighted by atomic mass is 35.5. The molecule has 19 heavy (non-hydrogen) atoms. The summed E-state index contributed by atoms with van der Waals surface area (Å²) in [5, 5.41) is 8.61. The lowest BCUT2D eigenvalue weighted by molar-refractivity contribution is -0.127. The normalized spacial score (nSPS) is 23.7. The number of carbonyl (C=O) groups excluding carboxylic acids is 1. The molecule has 108 valence electrons. The SMILES string of the molecule is CCC1(C(=O)NC(C)Cc2cccs2)CCCN1.Cl. The molecule has 0 spiro atoms. The monoisotopic (exact) mass is 302 g/mol. The number of hydrogen-bond acceptors (Lipinski definition) is 3. The summed E-state index contributed by atoms with van der Waals surface area (Å²) in [5.41, 5.74) is -0.316. The quantitative estimate of drug-likeness (QED) is 0.878. The van der Waals surface area contributed by atoms with Crippen LogP contribution in [0.15, 0.2) is 17.5 Å². The molecule has 2 heterocycles. The molecule has 1 amide bonds. The van der Waals surface area contributed by atoms with E-state index < -0.39 is 0 Å². The Morgan fingerprint density at radius 3 is 2.95 bits per heavy atom. The van der Waals surface area contributed by atoms with Crippen LogP contribution < -0.4 is 10.6 Å². The molecule has 1 aliphatic rings. The van der Waals surface area contributed by atoms with Gasteiger partial charge in [-0.05, 0) is 44.2 Å². The summed E-state index contributed by atoms with van der Waals surface area (Å²) >= 11 is 1.75. The average molecular weight is 303 g/mol. The molecule has 5 heteroatoms. The van der Waals surface area contributed by atoms with E-state index in [0.29, 0.717) is 0 Å². The van der Waals surface area contributed by atoms with Gasteiger partial charge in [0, 0.05) is 17.3 Å². The number of nitrogens with one attached hydrogen (secondary N) is 2. The molecule has 0 radical (unpaired) electrons. The zero-order chi connectivity index (χ0) is 13.0. The summed E-state index contributed by atoms with van der Waals surface area (Å²) in [4.78, 5) is 13.7. The zero-order valence-electron chi connectivity index (χ0n) is 11.6. The summed E-state index contributed by atoms with van der Waals surface area (Å²) in [7, 11) is 0. The highest BCUT2D eigenvalue weighted by molar-refractivity contribution is 7.09. The fourth-order valence-electron chi connectivity index (χ4n) is 2.61. The Morgan fingerprint density at radius 2 is 2.42 bits per heavy atom.